The van der Waals surface area contributed by atoms with Crippen LogP contribution in [0.15, 0.2) is 18.2 Å². The number of nitrogens with zero attached hydrogens (tertiary/aromatic N) is 2. The molecule has 0 radical (unpaired) electrons. The van der Waals surface area contributed by atoms with Gasteiger partial charge in [-0.05, 0) is 32.0 Å². The molecule has 1 aliphatic rings. The summed E-state index contributed by atoms with van der Waals surface area (Å²) in [6, 6.07) is 4.11. The molecule has 0 saturated carbocycles. The number of piperazine rings is 1. The average Bonchev–Trinajstić information content (AvgIpc) is 2.56. The van der Waals surface area contributed by atoms with E-state index in [1.807, 2.05) is 0 Å². The number of sulfonamides is 1. The van der Waals surface area contributed by atoms with E-state index in [0.717, 1.165) is 6.07 Å². The zero-order valence-corrected chi connectivity index (χ0v) is 14.1. The Morgan fingerprint density at radius 1 is 1.22 bits per heavy atom. The summed E-state index contributed by atoms with van der Waals surface area (Å²) in [5.74, 6) is -0.723. The van der Waals surface area contributed by atoms with Crippen LogP contribution in [0.5, 0.6) is 5.75 Å². The van der Waals surface area contributed by atoms with Crippen LogP contribution in [-0.2, 0) is 10.0 Å². The second-order valence-electron chi connectivity index (χ2n) is 5.17. The highest BCUT2D eigenvalue weighted by Crippen LogP contribution is 2.20. The number of amides is 1. The number of ether oxygens (including phenoxy) is 1. The lowest BCUT2D eigenvalue weighted by Crippen LogP contribution is -2.50. The van der Waals surface area contributed by atoms with Gasteiger partial charge in [-0.25, -0.2) is 12.8 Å². The van der Waals surface area contributed by atoms with Gasteiger partial charge in [0.15, 0.2) is 11.6 Å². The Morgan fingerprint density at radius 2 is 1.87 bits per heavy atom. The SMILES string of the molecule is CCOc1ccc(C(=O)N2CCN(S(=O)(=O)CC)CC2)cc1F. The molecule has 23 heavy (non-hydrogen) atoms. The lowest BCUT2D eigenvalue weighted by Gasteiger charge is -2.33. The lowest BCUT2D eigenvalue weighted by atomic mass is 10.1. The number of hydrogen-bond donors (Lipinski definition) is 0. The van der Waals surface area contributed by atoms with Gasteiger partial charge in [-0.3, -0.25) is 4.79 Å². The highest BCUT2D eigenvalue weighted by molar-refractivity contribution is 7.89. The Labute approximate surface area is 135 Å². The maximum Gasteiger partial charge on any atom is 0.254 e. The fraction of sp³-hybridized carbons (Fsp3) is 0.533. The van der Waals surface area contributed by atoms with E-state index in [4.69, 9.17) is 4.74 Å². The average molecular weight is 344 g/mol. The largest absolute Gasteiger partial charge is 0.491 e. The highest BCUT2D eigenvalue weighted by atomic mass is 32.2. The normalized spacial score (nSPS) is 16.4. The van der Waals surface area contributed by atoms with Gasteiger partial charge in [0.2, 0.25) is 10.0 Å². The van der Waals surface area contributed by atoms with Gasteiger partial charge < -0.3 is 9.64 Å². The Bertz CT molecular complexity index is 670. The number of carbonyl (C=O) groups is 1. The Balaban J connectivity index is 2.04. The molecule has 1 heterocycles. The van der Waals surface area contributed by atoms with Gasteiger partial charge in [0.1, 0.15) is 0 Å². The third-order valence-corrected chi connectivity index (χ3v) is 5.64. The van der Waals surface area contributed by atoms with Crippen molar-refractivity contribution in [3.05, 3.63) is 29.6 Å². The number of halogens is 1. The molecule has 1 aromatic carbocycles. The molecule has 8 heteroatoms. The van der Waals surface area contributed by atoms with E-state index in [9.17, 15) is 17.6 Å². The van der Waals surface area contributed by atoms with Crippen LogP contribution in [0.4, 0.5) is 4.39 Å². The second-order valence-corrected chi connectivity index (χ2v) is 7.43. The van der Waals surface area contributed by atoms with Gasteiger partial charge >= 0.3 is 0 Å². The number of hydrogen-bond acceptors (Lipinski definition) is 4. The number of rotatable bonds is 5. The van der Waals surface area contributed by atoms with E-state index in [-0.39, 0.29) is 36.1 Å². The molecule has 2 rings (SSSR count). The molecule has 1 saturated heterocycles. The maximum atomic E-state index is 13.8. The van der Waals surface area contributed by atoms with Crippen LogP contribution in [0.25, 0.3) is 0 Å². The fourth-order valence-electron chi connectivity index (χ4n) is 2.44. The topological polar surface area (TPSA) is 66.9 Å². The van der Waals surface area contributed by atoms with Crippen LogP contribution in [0.3, 0.4) is 0 Å². The van der Waals surface area contributed by atoms with Crippen LogP contribution >= 0.6 is 0 Å². The summed E-state index contributed by atoms with van der Waals surface area (Å²) >= 11 is 0. The van der Waals surface area contributed by atoms with Gasteiger partial charge in [0, 0.05) is 31.7 Å². The molecule has 1 amide bonds. The molecule has 1 aromatic rings. The first kappa shape index (κ1) is 17.7. The fourth-order valence-corrected chi connectivity index (χ4v) is 3.53. The van der Waals surface area contributed by atoms with Gasteiger partial charge in [-0.2, -0.15) is 4.31 Å². The smallest absolute Gasteiger partial charge is 0.254 e. The molecule has 128 valence electrons. The molecule has 0 spiro atoms. The molecule has 0 atom stereocenters. The van der Waals surface area contributed by atoms with Crippen molar-refractivity contribution in [2.24, 2.45) is 0 Å². The molecule has 6 nitrogen and oxygen atoms in total. The molecule has 0 aromatic heterocycles. The van der Waals surface area contributed by atoms with Crippen molar-refractivity contribution in [1.82, 2.24) is 9.21 Å². The first-order chi connectivity index (χ1) is 10.9. The molecular weight excluding hydrogens is 323 g/mol. The third kappa shape index (κ3) is 4.00. The van der Waals surface area contributed by atoms with Crippen molar-refractivity contribution in [1.29, 1.82) is 0 Å². The zero-order chi connectivity index (χ0) is 17.0. The molecule has 1 aliphatic heterocycles. The van der Waals surface area contributed by atoms with Gasteiger partial charge in [-0.15, -0.1) is 0 Å². The lowest BCUT2D eigenvalue weighted by molar-refractivity contribution is 0.0697. The van der Waals surface area contributed by atoms with Crippen LogP contribution < -0.4 is 4.74 Å². The summed E-state index contributed by atoms with van der Waals surface area (Å²) in [6.07, 6.45) is 0. The van der Waals surface area contributed by atoms with Crippen molar-refractivity contribution in [2.45, 2.75) is 13.8 Å². The summed E-state index contributed by atoms with van der Waals surface area (Å²) in [6.45, 7) is 4.82. The van der Waals surface area contributed by atoms with E-state index in [1.165, 1.54) is 21.3 Å². The van der Waals surface area contributed by atoms with Crippen LogP contribution in [0.1, 0.15) is 24.2 Å². The van der Waals surface area contributed by atoms with Crippen LogP contribution in [0, 0.1) is 5.82 Å². The monoisotopic (exact) mass is 344 g/mol. The minimum atomic E-state index is -3.23. The Hall–Kier alpha value is -1.67. The van der Waals surface area contributed by atoms with E-state index in [0.29, 0.717) is 19.7 Å². The third-order valence-electron chi connectivity index (χ3n) is 3.76. The highest BCUT2D eigenvalue weighted by Gasteiger charge is 2.28. The maximum absolute atomic E-state index is 13.8. The first-order valence-corrected chi connectivity index (χ1v) is 9.19. The van der Waals surface area contributed by atoms with Crippen LogP contribution in [0.2, 0.25) is 0 Å². The summed E-state index contributed by atoms with van der Waals surface area (Å²) < 4.78 is 43.9. The summed E-state index contributed by atoms with van der Waals surface area (Å²) in [5.41, 5.74) is 0.234. The van der Waals surface area contributed by atoms with Gasteiger partial charge in [-0.1, -0.05) is 0 Å². The minimum absolute atomic E-state index is 0.0467. The quantitative estimate of drug-likeness (QED) is 0.808. The summed E-state index contributed by atoms with van der Waals surface area (Å²) in [7, 11) is -3.23. The summed E-state index contributed by atoms with van der Waals surface area (Å²) in [4.78, 5) is 13.9. The molecule has 0 N–H and O–H groups in total. The van der Waals surface area contributed by atoms with Crippen molar-refractivity contribution >= 4 is 15.9 Å². The van der Waals surface area contributed by atoms with Crippen molar-refractivity contribution < 1.29 is 22.3 Å². The van der Waals surface area contributed by atoms with E-state index >= 15 is 0 Å². The van der Waals surface area contributed by atoms with Gasteiger partial charge in [0.05, 0.1) is 12.4 Å². The Morgan fingerprint density at radius 3 is 2.39 bits per heavy atom. The van der Waals surface area contributed by atoms with E-state index < -0.39 is 15.8 Å². The Kier molecular flexibility index (Phi) is 5.59. The zero-order valence-electron chi connectivity index (χ0n) is 13.3. The molecular formula is C15H21FN2O4S. The van der Waals surface area contributed by atoms with Crippen molar-refractivity contribution in [3.63, 3.8) is 0 Å². The first-order valence-electron chi connectivity index (χ1n) is 7.58. The van der Waals surface area contributed by atoms with Crippen LogP contribution in [-0.4, -0.2) is 62.1 Å². The number of benzene rings is 1. The minimum Gasteiger partial charge on any atom is -0.491 e. The molecule has 0 bridgehead atoms. The predicted octanol–water partition coefficient (Wildman–Crippen LogP) is 1.33. The summed E-state index contributed by atoms with van der Waals surface area (Å²) in [5, 5.41) is 0. The molecule has 0 unspecified atom stereocenters. The molecule has 1 fully saturated rings. The van der Waals surface area contributed by atoms with E-state index in [2.05, 4.69) is 0 Å². The predicted molar refractivity (Wildman–Crippen MR) is 84.5 cm³/mol. The van der Waals surface area contributed by atoms with Gasteiger partial charge in [0.25, 0.3) is 5.91 Å². The number of carbonyl (C=O) groups excluding carboxylic acids is 1. The standard InChI is InChI=1S/C15H21FN2O4S/c1-3-22-14-6-5-12(11-13(14)16)15(19)17-7-9-18(10-8-17)23(20,21)4-2/h5-6,11H,3-4,7-10H2,1-2H3. The van der Waals surface area contributed by atoms with Crippen molar-refractivity contribution in [3.8, 4) is 5.75 Å². The van der Waals surface area contributed by atoms with E-state index in [1.54, 1.807) is 13.8 Å². The second kappa shape index (κ2) is 7.27. The van der Waals surface area contributed by atoms with Crippen molar-refractivity contribution in [2.75, 3.05) is 38.5 Å². The molecule has 0 aliphatic carbocycles.